The number of benzene rings is 1. The molecule has 0 aliphatic rings. The Balaban J connectivity index is 2.76. The summed E-state index contributed by atoms with van der Waals surface area (Å²) in [4.78, 5) is 22.8. The molecule has 5 heteroatoms. The third kappa shape index (κ3) is 1.88. The minimum Gasteiger partial charge on any atom is -0.368 e. The predicted molar refractivity (Wildman–Crippen MR) is 65.8 cm³/mol. The molecular formula is C13H13FN2O2. The number of hydrogen-bond donors (Lipinski definition) is 1. The summed E-state index contributed by atoms with van der Waals surface area (Å²) in [5.74, 6) is -1.11. The van der Waals surface area contributed by atoms with Crippen molar-refractivity contribution < 1.29 is 14.0 Å². The molecule has 94 valence electrons. The van der Waals surface area contributed by atoms with Crippen LogP contribution in [0.15, 0.2) is 24.4 Å². The monoisotopic (exact) mass is 248 g/mol. The zero-order chi connectivity index (χ0) is 13.4. The lowest BCUT2D eigenvalue weighted by Gasteiger charge is -2.10. The molecule has 0 spiro atoms. The van der Waals surface area contributed by atoms with Crippen molar-refractivity contribution in [1.29, 1.82) is 0 Å². The van der Waals surface area contributed by atoms with E-state index in [9.17, 15) is 14.0 Å². The number of amides is 1. The second-order valence-electron chi connectivity index (χ2n) is 4.25. The number of hydrogen-bond acceptors (Lipinski definition) is 2. The van der Waals surface area contributed by atoms with Gasteiger partial charge in [0.15, 0.2) is 5.78 Å². The van der Waals surface area contributed by atoms with Crippen LogP contribution in [0.25, 0.3) is 10.9 Å². The SMILES string of the molecule is CC(=O)c1cn(C(C)C(N)=O)c2ccc(F)cc12. The van der Waals surface area contributed by atoms with Gasteiger partial charge in [0, 0.05) is 22.7 Å². The number of aromatic nitrogens is 1. The van der Waals surface area contributed by atoms with E-state index in [0.29, 0.717) is 16.5 Å². The number of nitrogens with two attached hydrogens (primary N) is 1. The average molecular weight is 248 g/mol. The van der Waals surface area contributed by atoms with Gasteiger partial charge in [0.05, 0.1) is 0 Å². The van der Waals surface area contributed by atoms with Crippen LogP contribution in [0.3, 0.4) is 0 Å². The highest BCUT2D eigenvalue weighted by molar-refractivity contribution is 6.07. The van der Waals surface area contributed by atoms with Crippen molar-refractivity contribution >= 4 is 22.6 Å². The van der Waals surface area contributed by atoms with Crippen molar-refractivity contribution in [1.82, 2.24) is 4.57 Å². The van der Waals surface area contributed by atoms with Crippen LogP contribution >= 0.6 is 0 Å². The second-order valence-corrected chi connectivity index (χ2v) is 4.25. The minimum atomic E-state index is -0.592. The van der Waals surface area contributed by atoms with Gasteiger partial charge in [-0.1, -0.05) is 0 Å². The highest BCUT2D eigenvalue weighted by atomic mass is 19.1. The number of primary amides is 1. The Kier molecular flexibility index (Phi) is 2.90. The molecule has 0 aliphatic carbocycles. The molecule has 2 aromatic rings. The molecule has 0 radical (unpaired) electrons. The Morgan fingerprint density at radius 2 is 2.06 bits per heavy atom. The molecule has 1 atom stereocenters. The van der Waals surface area contributed by atoms with Gasteiger partial charge in [-0.3, -0.25) is 9.59 Å². The lowest BCUT2D eigenvalue weighted by molar-refractivity contribution is -0.120. The predicted octanol–water partition coefficient (Wildman–Crippen LogP) is 2.03. The molecule has 2 N–H and O–H groups in total. The first-order valence-corrected chi connectivity index (χ1v) is 5.52. The van der Waals surface area contributed by atoms with Gasteiger partial charge in [-0.05, 0) is 32.0 Å². The van der Waals surface area contributed by atoms with Gasteiger partial charge in [-0.15, -0.1) is 0 Å². The van der Waals surface area contributed by atoms with Crippen LogP contribution in [0.1, 0.15) is 30.2 Å². The number of fused-ring (bicyclic) bond motifs is 1. The summed E-state index contributed by atoms with van der Waals surface area (Å²) in [5.41, 5.74) is 6.26. The molecule has 1 amide bonds. The van der Waals surface area contributed by atoms with E-state index in [0.717, 1.165) is 0 Å². The van der Waals surface area contributed by atoms with E-state index in [1.807, 2.05) is 0 Å². The number of carbonyl (C=O) groups excluding carboxylic acids is 2. The summed E-state index contributed by atoms with van der Waals surface area (Å²) in [6.45, 7) is 3.04. The molecule has 0 bridgehead atoms. The maximum absolute atomic E-state index is 13.2. The second kappa shape index (κ2) is 4.25. The fourth-order valence-corrected chi connectivity index (χ4v) is 1.97. The summed E-state index contributed by atoms with van der Waals surface area (Å²) in [5, 5.41) is 0.496. The van der Waals surface area contributed by atoms with Crippen LogP contribution in [0.5, 0.6) is 0 Å². The smallest absolute Gasteiger partial charge is 0.240 e. The summed E-state index contributed by atoms with van der Waals surface area (Å²) in [6, 6.07) is 3.52. The van der Waals surface area contributed by atoms with Crippen molar-refractivity contribution in [3.05, 3.63) is 35.8 Å². The van der Waals surface area contributed by atoms with Crippen molar-refractivity contribution in [2.24, 2.45) is 5.73 Å². The largest absolute Gasteiger partial charge is 0.368 e. The van der Waals surface area contributed by atoms with E-state index >= 15 is 0 Å². The minimum absolute atomic E-state index is 0.180. The Morgan fingerprint density at radius 1 is 1.39 bits per heavy atom. The number of rotatable bonds is 3. The molecule has 1 heterocycles. The lowest BCUT2D eigenvalue weighted by atomic mass is 10.1. The molecule has 0 fully saturated rings. The van der Waals surface area contributed by atoms with Crippen LogP contribution in [0.4, 0.5) is 4.39 Å². The summed E-state index contributed by atoms with van der Waals surface area (Å²) >= 11 is 0. The van der Waals surface area contributed by atoms with Gasteiger partial charge in [-0.2, -0.15) is 0 Å². The average Bonchev–Trinajstić information content (AvgIpc) is 2.66. The first-order valence-electron chi connectivity index (χ1n) is 5.52. The van der Waals surface area contributed by atoms with Crippen LogP contribution in [-0.4, -0.2) is 16.3 Å². The first kappa shape index (κ1) is 12.3. The van der Waals surface area contributed by atoms with Crippen LogP contribution in [0, 0.1) is 5.82 Å². The van der Waals surface area contributed by atoms with Gasteiger partial charge >= 0.3 is 0 Å². The first-order chi connectivity index (χ1) is 8.41. The normalized spacial score (nSPS) is 12.6. The van der Waals surface area contributed by atoms with Crippen LogP contribution < -0.4 is 5.73 Å². The van der Waals surface area contributed by atoms with E-state index in [2.05, 4.69) is 0 Å². The highest BCUT2D eigenvalue weighted by Gasteiger charge is 2.18. The van der Waals surface area contributed by atoms with Crippen molar-refractivity contribution in [2.75, 3.05) is 0 Å². The van der Waals surface area contributed by atoms with E-state index in [-0.39, 0.29) is 5.78 Å². The molecule has 1 unspecified atom stereocenters. The molecule has 1 aromatic carbocycles. The van der Waals surface area contributed by atoms with Gasteiger partial charge in [0.25, 0.3) is 0 Å². The molecule has 0 saturated heterocycles. The third-order valence-electron chi connectivity index (χ3n) is 3.00. The van der Waals surface area contributed by atoms with E-state index in [1.165, 1.54) is 25.1 Å². The van der Waals surface area contributed by atoms with Gasteiger partial charge in [-0.25, -0.2) is 4.39 Å². The number of ketones is 1. The molecule has 2 rings (SSSR count). The van der Waals surface area contributed by atoms with Crippen molar-refractivity contribution in [3.8, 4) is 0 Å². The summed E-state index contributed by atoms with van der Waals surface area (Å²) in [7, 11) is 0. The maximum atomic E-state index is 13.2. The van der Waals surface area contributed by atoms with Gasteiger partial charge in [0.2, 0.25) is 5.91 Å². The Bertz CT molecular complexity index is 646. The zero-order valence-corrected chi connectivity index (χ0v) is 10.1. The van der Waals surface area contributed by atoms with Crippen LogP contribution in [-0.2, 0) is 4.79 Å². The Hall–Kier alpha value is -2.17. The zero-order valence-electron chi connectivity index (χ0n) is 10.1. The summed E-state index contributed by atoms with van der Waals surface area (Å²) in [6.07, 6.45) is 1.54. The Labute approximate surface area is 103 Å². The molecule has 0 aliphatic heterocycles. The van der Waals surface area contributed by atoms with E-state index in [4.69, 9.17) is 5.73 Å². The van der Waals surface area contributed by atoms with Gasteiger partial charge < -0.3 is 10.3 Å². The lowest BCUT2D eigenvalue weighted by Crippen LogP contribution is -2.23. The summed E-state index contributed by atoms with van der Waals surface area (Å²) < 4.78 is 14.8. The van der Waals surface area contributed by atoms with E-state index < -0.39 is 17.8 Å². The van der Waals surface area contributed by atoms with Gasteiger partial charge in [0.1, 0.15) is 11.9 Å². The molecular weight excluding hydrogens is 235 g/mol. The molecule has 0 saturated carbocycles. The number of nitrogens with zero attached hydrogens (tertiary/aromatic N) is 1. The standard InChI is InChI=1S/C13H13FN2O2/c1-7(13(15)18)16-6-11(8(2)17)10-5-9(14)3-4-12(10)16/h3-7H,1-2H3,(H2,15,18). The van der Waals surface area contributed by atoms with Crippen LogP contribution in [0.2, 0.25) is 0 Å². The Morgan fingerprint density at radius 3 is 2.61 bits per heavy atom. The quantitative estimate of drug-likeness (QED) is 0.844. The molecule has 4 nitrogen and oxygen atoms in total. The number of carbonyl (C=O) groups is 2. The number of halogens is 1. The highest BCUT2D eigenvalue weighted by Crippen LogP contribution is 2.26. The number of Topliss-reactive ketones (excluding diaryl/α,β-unsaturated/α-hetero) is 1. The fourth-order valence-electron chi connectivity index (χ4n) is 1.97. The third-order valence-corrected chi connectivity index (χ3v) is 3.00. The maximum Gasteiger partial charge on any atom is 0.240 e. The van der Waals surface area contributed by atoms with E-state index in [1.54, 1.807) is 17.7 Å². The molecule has 1 aromatic heterocycles. The van der Waals surface area contributed by atoms with Crippen molar-refractivity contribution in [2.45, 2.75) is 19.9 Å². The molecule has 18 heavy (non-hydrogen) atoms. The fraction of sp³-hybridized carbons (Fsp3) is 0.231. The van der Waals surface area contributed by atoms with Crippen molar-refractivity contribution in [3.63, 3.8) is 0 Å². The topological polar surface area (TPSA) is 65.1 Å².